The molecule has 0 saturated carbocycles. The Bertz CT molecular complexity index is 896. The van der Waals surface area contributed by atoms with Crippen molar-refractivity contribution in [2.45, 2.75) is 24.7 Å². The van der Waals surface area contributed by atoms with E-state index in [2.05, 4.69) is 47.2 Å². The molecule has 0 aliphatic carbocycles. The minimum Gasteiger partial charge on any atom is -0.358 e. The van der Waals surface area contributed by atoms with Crippen LogP contribution < -0.4 is 15.4 Å². The van der Waals surface area contributed by atoms with Gasteiger partial charge in [0.2, 0.25) is 16.0 Å². The number of rotatable bonds is 9. The molecule has 0 amide bonds. The largest absolute Gasteiger partial charge is 0.358 e. The fourth-order valence-corrected chi connectivity index (χ4v) is 3.47. The third-order valence-electron chi connectivity index (χ3n) is 3.32. The zero-order valence-corrected chi connectivity index (χ0v) is 16.7. The normalized spacial score (nSPS) is 11.0. The van der Waals surface area contributed by atoms with E-state index in [0.717, 1.165) is 12.8 Å². The summed E-state index contributed by atoms with van der Waals surface area (Å²) in [7, 11) is -3.55. The maximum atomic E-state index is 12.3. The lowest BCUT2D eigenvalue weighted by molar-refractivity contribution is 0.578. The third kappa shape index (κ3) is 5.69. The summed E-state index contributed by atoms with van der Waals surface area (Å²) in [5.74, 6) is 3.34. The number of nitrogens with one attached hydrogen (secondary N) is 3. The predicted molar refractivity (Wildman–Crippen MR) is 107 cm³/mol. The van der Waals surface area contributed by atoms with Crippen molar-refractivity contribution in [1.82, 2.24) is 14.7 Å². The molecule has 2 rings (SSSR count). The van der Waals surface area contributed by atoms with Crippen LogP contribution in [0, 0.1) is 12.3 Å². The molecule has 0 saturated heterocycles. The van der Waals surface area contributed by atoms with E-state index in [9.17, 15) is 8.42 Å². The lowest BCUT2D eigenvalue weighted by atomic mass is 10.3. The van der Waals surface area contributed by atoms with Crippen molar-refractivity contribution in [2.75, 3.05) is 23.7 Å². The van der Waals surface area contributed by atoms with Gasteiger partial charge in [-0.25, -0.2) is 18.1 Å². The van der Waals surface area contributed by atoms with E-state index in [1.54, 1.807) is 24.4 Å². The fraction of sp³-hybridized carbons (Fsp3) is 0.294. The molecule has 0 spiro atoms. The highest BCUT2D eigenvalue weighted by molar-refractivity contribution is 9.10. The number of sulfonamides is 1. The second-order valence-corrected chi connectivity index (χ2v) is 7.97. The van der Waals surface area contributed by atoms with Gasteiger partial charge in [-0.3, -0.25) is 0 Å². The summed E-state index contributed by atoms with van der Waals surface area (Å²) in [6.45, 7) is 2.74. The second-order valence-electron chi connectivity index (χ2n) is 5.35. The minimum atomic E-state index is -3.55. The number of aromatic nitrogens is 2. The number of nitrogens with zero attached hydrogens (tertiary/aromatic N) is 2. The van der Waals surface area contributed by atoms with Crippen molar-refractivity contribution in [3.63, 3.8) is 0 Å². The number of unbranched alkanes of at least 4 members (excludes halogenated alkanes) is 1. The van der Waals surface area contributed by atoms with Gasteiger partial charge in [0.15, 0.2) is 0 Å². The SMILES string of the molecule is C#CCNc1nc(Nc2cccc(S(=O)(=O)NCCCC)c2)ncc1Br. The molecule has 7 nitrogen and oxygen atoms in total. The van der Waals surface area contributed by atoms with E-state index >= 15 is 0 Å². The van der Waals surface area contributed by atoms with Crippen LogP contribution in [-0.4, -0.2) is 31.5 Å². The maximum Gasteiger partial charge on any atom is 0.240 e. The van der Waals surface area contributed by atoms with Crippen LogP contribution in [-0.2, 0) is 10.0 Å². The Hall–Kier alpha value is -2.15. The topological polar surface area (TPSA) is 96.0 Å². The Morgan fingerprint density at radius 3 is 2.88 bits per heavy atom. The molecule has 1 heterocycles. The average Bonchev–Trinajstić information content (AvgIpc) is 2.62. The van der Waals surface area contributed by atoms with Gasteiger partial charge in [0.05, 0.1) is 15.9 Å². The number of anilines is 3. The van der Waals surface area contributed by atoms with Gasteiger partial charge in [-0.2, -0.15) is 4.98 Å². The standard InChI is InChI=1S/C17H20BrN5O2S/c1-3-5-10-21-26(24,25)14-8-6-7-13(11-14)22-17-20-12-15(18)16(23-17)19-9-4-2/h2,6-8,11-12,21H,3,5,9-10H2,1H3,(H2,19,20,22,23). The van der Waals surface area contributed by atoms with Crippen molar-refractivity contribution >= 4 is 43.4 Å². The number of benzene rings is 1. The van der Waals surface area contributed by atoms with E-state index in [1.165, 1.54) is 6.07 Å². The molecule has 0 fully saturated rings. The summed E-state index contributed by atoms with van der Waals surface area (Å²) in [6, 6.07) is 6.48. The van der Waals surface area contributed by atoms with Gasteiger partial charge in [-0.15, -0.1) is 6.42 Å². The summed E-state index contributed by atoms with van der Waals surface area (Å²) in [6.07, 6.45) is 8.53. The van der Waals surface area contributed by atoms with Gasteiger partial charge in [0.25, 0.3) is 0 Å². The molecule has 0 unspecified atom stereocenters. The molecule has 0 atom stereocenters. The van der Waals surface area contributed by atoms with Crippen LogP contribution in [0.1, 0.15) is 19.8 Å². The second kappa shape index (κ2) is 9.52. The fourth-order valence-electron chi connectivity index (χ4n) is 2.02. The van der Waals surface area contributed by atoms with E-state index in [1.807, 2.05) is 6.92 Å². The monoisotopic (exact) mass is 437 g/mol. The van der Waals surface area contributed by atoms with Crippen LogP contribution in [0.3, 0.4) is 0 Å². The van der Waals surface area contributed by atoms with Crippen LogP contribution in [0.4, 0.5) is 17.5 Å². The van der Waals surface area contributed by atoms with E-state index in [-0.39, 0.29) is 4.90 Å². The Labute approximate surface area is 162 Å². The van der Waals surface area contributed by atoms with Crippen LogP contribution in [0.2, 0.25) is 0 Å². The Balaban J connectivity index is 2.17. The molecule has 2 aromatic rings. The Morgan fingerprint density at radius 2 is 2.15 bits per heavy atom. The van der Waals surface area contributed by atoms with Crippen LogP contribution in [0.25, 0.3) is 0 Å². The number of terminal acetylenes is 1. The highest BCUT2D eigenvalue weighted by Crippen LogP contribution is 2.23. The lowest BCUT2D eigenvalue weighted by Gasteiger charge is -2.10. The van der Waals surface area contributed by atoms with Crippen LogP contribution in [0.15, 0.2) is 39.8 Å². The molecule has 26 heavy (non-hydrogen) atoms. The molecule has 0 aliphatic heterocycles. The minimum absolute atomic E-state index is 0.182. The third-order valence-corrected chi connectivity index (χ3v) is 5.36. The van der Waals surface area contributed by atoms with E-state index < -0.39 is 10.0 Å². The predicted octanol–water partition coefficient (Wildman–Crippen LogP) is 3.11. The van der Waals surface area contributed by atoms with Crippen molar-refractivity contribution in [3.05, 3.63) is 34.9 Å². The zero-order chi connectivity index (χ0) is 19.0. The zero-order valence-electron chi connectivity index (χ0n) is 14.3. The molecule has 1 aromatic heterocycles. The summed E-state index contributed by atoms with van der Waals surface area (Å²) < 4.78 is 27.9. The van der Waals surface area contributed by atoms with Crippen molar-refractivity contribution in [1.29, 1.82) is 0 Å². The Morgan fingerprint density at radius 1 is 1.35 bits per heavy atom. The molecular formula is C17H20BrN5O2S. The number of halogens is 1. The van der Waals surface area contributed by atoms with Crippen molar-refractivity contribution in [2.24, 2.45) is 0 Å². The first-order valence-electron chi connectivity index (χ1n) is 8.03. The molecule has 9 heteroatoms. The first-order chi connectivity index (χ1) is 12.5. The number of hydrogen-bond acceptors (Lipinski definition) is 6. The highest BCUT2D eigenvalue weighted by Gasteiger charge is 2.14. The number of hydrogen-bond donors (Lipinski definition) is 3. The highest BCUT2D eigenvalue weighted by atomic mass is 79.9. The Kier molecular flexibility index (Phi) is 7.38. The summed E-state index contributed by atoms with van der Waals surface area (Å²) in [5.41, 5.74) is 0.564. The van der Waals surface area contributed by atoms with E-state index in [4.69, 9.17) is 6.42 Å². The van der Waals surface area contributed by atoms with Crippen LogP contribution >= 0.6 is 15.9 Å². The molecule has 138 valence electrons. The molecule has 0 aliphatic rings. The van der Waals surface area contributed by atoms with Gasteiger partial charge in [0, 0.05) is 18.4 Å². The first kappa shape index (κ1) is 20.2. The molecular weight excluding hydrogens is 418 g/mol. The smallest absolute Gasteiger partial charge is 0.240 e. The molecule has 0 radical (unpaired) electrons. The summed E-state index contributed by atoms with van der Waals surface area (Å²) in [4.78, 5) is 8.67. The van der Waals surface area contributed by atoms with Gasteiger partial charge in [-0.1, -0.05) is 25.3 Å². The van der Waals surface area contributed by atoms with Gasteiger partial charge < -0.3 is 10.6 Å². The van der Waals surface area contributed by atoms with Crippen molar-refractivity contribution < 1.29 is 8.42 Å². The van der Waals surface area contributed by atoms with Crippen LogP contribution in [0.5, 0.6) is 0 Å². The van der Waals surface area contributed by atoms with Gasteiger partial charge >= 0.3 is 0 Å². The van der Waals surface area contributed by atoms with Crippen molar-refractivity contribution in [3.8, 4) is 12.3 Å². The summed E-state index contributed by atoms with van der Waals surface area (Å²) >= 11 is 3.34. The average molecular weight is 438 g/mol. The maximum absolute atomic E-state index is 12.3. The first-order valence-corrected chi connectivity index (χ1v) is 10.3. The molecule has 0 bridgehead atoms. The van der Waals surface area contributed by atoms with E-state index in [0.29, 0.717) is 35.0 Å². The summed E-state index contributed by atoms with van der Waals surface area (Å²) in [5, 5.41) is 5.97. The quantitative estimate of drug-likeness (QED) is 0.411. The van der Waals surface area contributed by atoms with Gasteiger partial charge in [-0.05, 0) is 40.5 Å². The molecule has 1 aromatic carbocycles. The lowest BCUT2D eigenvalue weighted by Crippen LogP contribution is -2.24. The molecule has 3 N–H and O–H groups in total. The van der Waals surface area contributed by atoms with Gasteiger partial charge in [0.1, 0.15) is 5.82 Å².